The fraction of sp³-hybridized carbons (Fsp3) is 0.167. The van der Waals surface area contributed by atoms with Gasteiger partial charge in [0.1, 0.15) is 0 Å². The minimum atomic E-state index is 0.584. The normalized spacial score (nSPS) is 11.9. The highest BCUT2D eigenvalue weighted by molar-refractivity contribution is 9.09. The Bertz CT molecular complexity index is 220. The van der Waals surface area contributed by atoms with Crippen molar-refractivity contribution >= 4 is 33.0 Å². The Labute approximate surface area is 71.3 Å². The van der Waals surface area contributed by atoms with Crippen LogP contribution in [0, 0.1) is 0 Å². The number of hydrogen-bond acceptors (Lipinski definition) is 3. The maximum absolute atomic E-state index is 8.46. The van der Waals surface area contributed by atoms with Gasteiger partial charge in [0.2, 0.25) is 0 Å². The lowest BCUT2D eigenvalue weighted by Gasteiger charge is -1.92. The Hall–Kier alpha value is -0.350. The molecule has 0 bridgehead atoms. The molecular formula is C6H6BrNOS. The molecule has 10 heavy (non-hydrogen) atoms. The van der Waals surface area contributed by atoms with Crippen molar-refractivity contribution in [1.29, 1.82) is 0 Å². The second-order valence-corrected chi connectivity index (χ2v) is 3.03. The molecule has 0 radical (unpaired) electrons. The molecular weight excluding hydrogens is 214 g/mol. The van der Waals surface area contributed by atoms with Crippen LogP contribution >= 0.6 is 27.3 Å². The number of oxime groups is 1. The summed E-state index contributed by atoms with van der Waals surface area (Å²) in [5.41, 5.74) is 1.64. The van der Waals surface area contributed by atoms with Gasteiger partial charge in [0.15, 0.2) is 0 Å². The van der Waals surface area contributed by atoms with E-state index in [0.29, 0.717) is 11.0 Å². The summed E-state index contributed by atoms with van der Waals surface area (Å²) in [4.78, 5) is 0. The smallest absolute Gasteiger partial charge is 0.0981 e. The van der Waals surface area contributed by atoms with Crippen molar-refractivity contribution in [2.75, 3.05) is 5.33 Å². The average Bonchev–Trinajstić information content (AvgIpc) is 2.43. The maximum Gasteiger partial charge on any atom is 0.0981 e. The predicted octanol–water partition coefficient (Wildman–Crippen LogP) is 2.32. The van der Waals surface area contributed by atoms with E-state index in [0.717, 1.165) is 5.56 Å². The second-order valence-electron chi connectivity index (χ2n) is 1.69. The molecule has 2 nitrogen and oxygen atoms in total. The molecule has 0 amide bonds. The summed E-state index contributed by atoms with van der Waals surface area (Å²) in [6.07, 6.45) is 0. The van der Waals surface area contributed by atoms with Crippen LogP contribution < -0.4 is 0 Å². The van der Waals surface area contributed by atoms with Crippen LogP contribution in [-0.2, 0) is 0 Å². The van der Waals surface area contributed by atoms with Gasteiger partial charge in [0.25, 0.3) is 0 Å². The number of hydrogen-bond donors (Lipinski definition) is 1. The summed E-state index contributed by atoms with van der Waals surface area (Å²) in [6, 6.07) is 1.92. The lowest BCUT2D eigenvalue weighted by Crippen LogP contribution is -1.99. The minimum absolute atomic E-state index is 0.584. The summed E-state index contributed by atoms with van der Waals surface area (Å²) >= 11 is 4.80. The molecule has 0 spiro atoms. The van der Waals surface area contributed by atoms with Gasteiger partial charge >= 0.3 is 0 Å². The summed E-state index contributed by atoms with van der Waals surface area (Å²) in [5, 5.41) is 16.1. The van der Waals surface area contributed by atoms with Gasteiger partial charge in [-0.15, -0.1) is 0 Å². The molecule has 0 atom stereocenters. The van der Waals surface area contributed by atoms with Gasteiger partial charge in [-0.05, 0) is 16.8 Å². The van der Waals surface area contributed by atoms with Gasteiger partial charge in [-0.25, -0.2) is 0 Å². The van der Waals surface area contributed by atoms with E-state index in [4.69, 9.17) is 5.21 Å². The lowest BCUT2D eigenvalue weighted by molar-refractivity contribution is 0.319. The van der Waals surface area contributed by atoms with E-state index in [1.54, 1.807) is 11.3 Å². The van der Waals surface area contributed by atoms with Crippen LogP contribution in [0.5, 0.6) is 0 Å². The summed E-state index contributed by atoms with van der Waals surface area (Å²) in [5.74, 6) is 0. The number of halogens is 1. The third kappa shape index (κ3) is 1.58. The van der Waals surface area contributed by atoms with E-state index < -0.39 is 0 Å². The first-order chi connectivity index (χ1) is 4.88. The molecule has 1 aromatic heterocycles. The molecule has 0 aliphatic carbocycles. The SMILES string of the molecule is O/N=C(\CBr)c1ccsc1. The Morgan fingerprint density at radius 1 is 1.80 bits per heavy atom. The molecule has 0 saturated carbocycles. The molecule has 1 aromatic rings. The lowest BCUT2D eigenvalue weighted by atomic mass is 10.2. The molecule has 0 fully saturated rings. The van der Waals surface area contributed by atoms with E-state index in [2.05, 4.69) is 21.1 Å². The van der Waals surface area contributed by atoms with Crippen LogP contribution in [0.2, 0.25) is 0 Å². The standard InChI is InChI=1S/C6H6BrNOS/c7-3-6(8-9)5-1-2-10-4-5/h1-2,4,9H,3H2/b8-6+. The van der Waals surface area contributed by atoms with Crippen molar-refractivity contribution in [3.8, 4) is 0 Å². The maximum atomic E-state index is 8.46. The zero-order valence-electron chi connectivity index (χ0n) is 5.12. The van der Waals surface area contributed by atoms with Crippen LogP contribution in [0.25, 0.3) is 0 Å². The van der Waals surface area contributed by atoms with Gasteiger partial charge in [0.05, 0.1) is 5.71 Å². The third-order valence-electron chi connectivity index (χ3n) is 1.10. The van der Waals surface area contributed by atoms with Crippen LogP contribution in [0.3, 0.4) is 0 Å². The number of nitrogens with zero attached hydrogens (tertiary/aromatic N) is 1. The highest BCUT2D eigenvalue weighted by Crippen LogP contribution is 2.08. The second kappa shape index (κ2) is 3.73. The molecule has 0 unspecified atom stereocenters. The zero-order valence-corrected chi connectivity index (χ0v) is 7.52. The number of rotatable bonds is 2. The highest BCUT2D eigenvalue weighted by Gasteiger charge is 2.00. The summed E-state index contributed by atoms with van der Waals surface area (Å²) in [7, 11) is 0. The largest absolute Gasteiger partial charge is 0.411 e. The molecule has 54 valence electrons. The predicted molar refractivity (Wildman–Crippen MR) is 46.4 cm³/mol. The Kier molecular flexibility index (Phi) is 2.89. The van der Waals surface area contributed by atoms with Gasteiger partial charge < -0.3 is 5.21 Å². The topological polar surface area (TPSA) is 32.6 Å². The first kappa shape index (κ1) is 7.75. The molecule has 0 saturated heterocycles. The van der Waals surface area contributed by atoms with Gasteiger partial charge in [0, 0.05) is 10.9 Å². The van der Waals surface area contributed by atoms with Crippen LogP contribution in [0.15, 0.2) is 22.0 Å². The van der Waals surface area contributed by atoms with E-state index >= 15 is 0 Å². The van der Waals surface area contributed by atoms with E-state index in [1.165, 1.54) is 0 Å². The molecule has 1 N–H and O–H groups in total. The van der Waals surface area contributed by atoms with Gasteiger partial charge in [-0.1, -0.05) is 21.1 Å². The Balaban J connectivity index is 2.85. The van der Waals surface area contributed by atoms with E-state index in [-0.39, 0.29) is 0 Å². The van der Waals surface area contributed by atoms with Crippen LogP contribution in [0.4, 0.5) is 0 Å². The fourth-order valence-corrected chi connectivity index (χ4v) is 1.69. The van der Waals surface area contributed by atoms with Crippen molar-refractivity contribution < 1.29 is 5.21 Å². The molecule has 1 heterocycles. The summed E-state index contributed by atoms with van der Waals surface area (Å²) < 4.78 is 0. The molecule has 4 heteroatoms. The first-order valence-corrected chi connectivity index (χ1v) is 4.74. The zero-order chi connectivity index (χ0) is 7.40. The molecule has 1 rings (SSSR count). The Morgan fingerprint density at radius 2 is 2.60 bits per heavy atom. The molecule has 0 aromatic carbocycles. The number of thiophene rings is 1. The number of alkyl halides is 1. The molecule has 0 aliphatic rings. The van der Waals surface area contributed by atoms with Crippen molar-refractivity contribution in [2.24, 2.45) is 5.16 Å². The van der Waals surface area contributed by atoms with Crippen molar-refractivity contribution in [2.45, 2.75) is 0 Å². The first-order valence-electron chi connectivity index (χ1n) is 2.68. The monoisotopic (exact) mass is 219 g/mol. The van der Waals surface area contributed by atoms with Gasteiger partial charge in [-0.3, -0.25) is 0 Å². The fourth-order valence-electron chi connectivity index (χ4n) is 0.590. The Morgan fingerprint density at radius 3 is 3.00 bits per heavy atom. The van der Waals surface area contributed by atoms with E-state index in [1.807, 2.05) is 16.8 Å². The minimum Gasteiger partial charge on any atom is -0.411 e. The van der Waals surface area contributed by atoms with Gasteiger partial charge in [-0.2, -0.15) is 11.3 Å². The van der Waals surface area contributed by atoms with E-state index in [9.17, 15) is 0 Å². The summed E-state index contributed by atoms with van der Waals surface area (Å²) in [6.45, 7) is 0. The average molecular weight is 220 g/mol. The van der Waals surface area contributed by atoms with Crippen LogP contribution in [-0.4, -0.2) is 16.2 Å². The molecule has 0 aliphatic heterocycles. The third-order valence-corrected chi connectivity index (χ3v) is 2.32. The van der Waals surface area contributed by atoms with Crippen LogP contribution in [0.1, 0.15) is 5.56 Å². The van der Waals surface area contributed by atoms with Crippen molar-refractivity contribution in [3.63, 3.8) is 0 Å². The van der Waals surface area contributed by atoms with Crippen molar-refractivity contribution in [3.05, 3.63) is 22.4 Å². The highest BCUT2D eigenvalue weighted by atomic mass is 79.9. The quantitative estimate of drug-likeness (QED) is 0.352. The van der Waals surface area contributed by atoms with Crippen molar-refractivity contribution in [1.82, 2.24) is 0 Å².